The smallest absolute Gasteiger partial charge is 0.115 e. The molecule has 516 valence electrons. The highest BCUT2D eigenvalue weighted by Gasteiger charge is 2.47. The van der Waals surface area contributed by atoms with Crippen molar-refractivity contribution in [3.05, 3.63) is 373 Å². The quantitative estimate of drug-likeness (QED) is 0.152. The summed E-state index contributed by atoms with van der Waals surface area (Å²) in [6.07, 6.45) is 3.35. The summed E-state index contributed by atoms with van der Waals surface area (Å²) >= 11 is 0. The molecule has 0 saturated carbocycles. The van der Waals surface area contributed by atoms with Gasteiger partial charge < -0.3 is 9.80 Å². The highest BCUT2D eigenvalue weighted by Crippen LogP contribution is 2.63. The molecular weight excluding hydrogens is 1280 g/mol. The first-order valence-corrected chi connectivity index (χ1v) is 38.3. The van der Waals surface area contributed by atoms with Gasteiger partial charge in [0.05, 0.1) is 23.0 Å². The van der Waals surface area contributed by atoms with E-state index < -0.39 is 0 Å². The topological polar surface area (TPSA) is 30.3 Å². The van der Waals surface area contributed by atoms with Crippen molar-refractivity contribution in [3.63, 3.8) is 0 Å². The Morgan fingerprint density at radius 1 is 0.311 bits per heavy atom. The van der Waals surface area contributed by atoms with Gasteiger partial charge in [-0.1, -0.05) is 314 Å². The van der Waals surface area contributed by atoms with Crippen LogP contribution in [0.1, 0.15) is 201 Å². The average Bonchev–Trinajstić information content (AvgIpc) is 1.52. The van der Waals surface area contributed by atoms with Crippen molar-refractivity contribution in [2.45, 2.75) is 141 Å². The second-order valence-electron chi connectivity index (χ2n) is 35.0. The lowest BCUT2D eigenvalue weighted by Crippen LogP contribution is -2.35. The Morgan fingerprint density at radius 2 is 0.736 bits per heavy atom. The summed E-state index contributed by atoms with van der Waals surface area (Å²) in [5.74, 6) is -0.487. The van der Waals surface area contributed by atoms with Crippen molar-refractivity contribution in [3.8, 4) is 72.8 Å². The van der Waals surface area contributed by atoms with Crippen molar-refractivity contribution in [2.75, 3.05) is 9.80 Å². The van der Waals surface area contributed by atoms with E-state index in [2.05, 4.69) is 378 Å². The Bertz CT molecular complexity index is 5580. The minimum atomic E-state index is -0.302. The number of nitriles is 1. The lowest BCUT2D eigenvalue weighted by atomic mass is 9.73. The van der Waals surface area contributed by atoms with E-state index in [9.17, 15) is 5.26 Å². The van der Waals surface area contributed by atoms with Crippen molar-refractivity contribution < 1.29 is 0 Å². The van der Waals surface area contributed by atoms with E-state index >= 15 is 0 Å². The lowest BCUT2D eigenvalue weighted by molar-refractivity contribution is 0.589. The summed E-state index contributed by atoms with van der Waals surface area (Å²) in [5, 5.41) is 13.4. The Morgan fingerprint density at radius 3 is 1.24 bits per heavy atom. The molecule has 2 heterocycles. The first-order valence-electron chi connectivity index (χ1n) is 38.3. The first-order chi connectivity index (χ1) is 51.0. The Labute approximate surface area is 626 Å². The van der Waals surface area contributed by atoms with E-state index in [1.165, 1.54) is 151 Å². The Kier molecular flexibility index (Phi) is 14.7. The molecule has 3 heteroatoms. The zero-order valence-electron chi connectivity index (χ0n) is 63.0. The van der Waals surface area contributed by atoms with Crippen LogP contribution in [0.15, 0.2) is 279 Å². The van der Waals surface area contributed by atoms with Crippen LogP contribution in [0.5, 0.6) is 0 Å². The van der Waals surface area contributed by atoms with Gasteiger partial charge in [0.1, 0.15) is 6.17 Å². The van der Waals surface area contributed by atoms with Crippen molar-refractivity contribution in [2.24, 2.45) is 0 Å². The van der Waals surface area contributed by atoms with Crippen LogP contribution in [0.4, 0.5) is 22.7 Å². The maximum absolute atomic E-state index is 13.4. The van der Waals surface area contributed by atoms with Crippen molar-refractivity contribution in [1.29, 1.82) is 5.26 Å². The van der Waals surface area contributed by atoms with E-state index in [0.717, 1.165) is 45.4 Å². The number of rotatable bonds is 8. The molecule has 2 aliphatic heterocycles. The number of hydrogen-bond donors (Lipinski definition) is 0. The molecule has 0 N–H and O–H groups in total. The van der Waals surface area contributed by atoms with Gasteiger partial charge in [-0.05, 0) is 232 Å². The number of anilines is 4. The maximum Gasteiger partial charge on any atom is 0.115 e. The SMILES string of the molecule is CC(C)(C)c1ccc2c(c1)-c1cc(C(C)(C)C)ccc1C2c1c(-c2ccc3c(c2)C2C(=C3)C(c3ccccc3)c3ccc(-c4ccccc4)cc32)cc(-c2ccc3c(c2)N2c4cc(-c5ccccc5)ccc4N(c4ccccc4)C2C3)c(C2c3ccc(C(C)(C)C)cc3-c3cc(C(C)(C)C)ccc32)c1C#N. The molecule has 0 amide bonds. The third-order valence-electron chi connectivity index (χ3n) is 24.5. The second-order valence-corrected chi connectivity index (χ2v) is 35.0. The van der Waals surface area contributed by atoms with Gasteiger partial charge in [0.15, 0.2) is 0 Å². The molecule has 13 aromatic carbocycles. The molecule has 13 aromatic rings. The number of para-hydroxylation sites is 1. The third-order valence-corrected chi connectivity index (χ3v) is 24.5. The number of nitrogens with zero attached hydrogens (tertiary/aromatic N) is 3. The van der Waals surface area contributed by atoms with Crippen molar-refractivity contribution >= 4 is 28.8 Å². The maximum atomic E-state index is 13.4. The molecule has 106 heavy (non-hydrogen) atoms. The van der Waals surface area contributed by atoms with E-state index in [0.29, 0.717) is 0 Å². The van der Waals surface area contributed by atoms with Crippen LogP contribution in [0.2, 0.25) is 0 Å². The molecule has 0 saturated heterocycles. The van der Waals surface area contributed by atoms with E-state index in [4.69, 9.17) is 0 Å². The fraction of sp³-hybridized carbons (Fsp3) is 0.214. The van der Waals surface area contributed by atoms with Gasteiger partial charge >= 0.3 is 0 Å². The minimum Gasteiger partial charge on any atom is -0.318 e. The van der Waals surface area contributed by atoms with Crippen molar-refractivity contribution in [1.82, 2.24) is 0 Å². The monoisotopic (exact) mass is 1370 g/mol. The third kappa shape index (κ3) is 10.3. The standard InChI is InChI=1S/C103H89N3/c1-100(2,3)70-39-44-75-83(55-70)84-56-71(101(4,5)6)40-45-76(84)96(75)98-81(66-33-34-67-51-88-94(63-29-21-15-22-30-63)79-43-37-64(61-25-17-13-18-26-61)49-87(79)95(88)80(67)50-66)59-82(99(89(98)60-104)97-77-46-41-72(102(7,8)9)57-85(77)86-58-73(103(10,11)12)42-47-78(86)97)68-35-36-69-54-93-105(74-31-23-16-24-32-74)90-48-38-65(62-27-19-14-20-28-62)52-92(90)106(93)91(69)53-68/h13-53,55-59,93-97H,54H2,1-12H3. The molecule has 3 unspecified atom stereocenters. The zero-order chi connectivity index (χ0) is 72.6. The van der Waals surface area contributed by atoms with Crippen LogP contribution >= 0.6 is 0 Å². The summed E-state index contributed by atoms with van der Waals surface area (Å²) in [7, 11) is 0. The number of benzene rings is 13. The molecule has 6 aliphatic rings. The molecule has 0 spiro atoms. The van der Waals surface area contributed by atoms with Gasteiger partial charge in [-0.2, -0.15) is 5.26 Å². The summed E-state index contributed by atoms with van der Waals surface area (Å²) in [5.41, 5.74) is 40.9. The molecule has 0 radical (unpaired) electrons. The van der Waals surface area contributed by atoms with Crippen LogP contribution in [-0.2, 0) is 28.1 Å². The van der Waals surface area contributed by atoms with E-state index in [1.807, 2.05) is 0 Å². The van der Waals surface area contributed by atoms with Crippen LogP contribution < -0.4 is 9.80 Å². The number of fused-ring (bicyclic) bond motifs is 16. The molecule has 0 aromatic heterocycles. The second kappa shape index (κ2) is 23.9. The van der Waals surface area contributed by atoms with Gasteiger partial charge in [0, 0.05) is 41.5 Å². The summed E-state index contributed by atoms with van der Waals surface area (Å²) in [6, 6.07) is 108. The van der Waals surface area contributed by atoms with Gasteiger partial charge in [-0.3, -0.25) is 0 Å². The number of allylic oxidation sites excluding steroid dienone is 1. The molecule has 0 fully saturated rings. The van der Waals surface area contributed by atoms with Gasteiger partial charge in [-0.25, -0.2) is 0 Å². The summed E-state index contributed by atoms with van der Waals surface area (Å²) in [6.45, 7) is 28.0. The van der Waals surface area contributed by atoms with Gasteiger partial charge in [0.2, 0.25) is 0 Å². The lowest BCUT2D eigenvalue weighted by Gasteiger charge is -2.29. The predicted octanol–water partition coefficient (Wildman–Crippen LogP) is 26.6. The van der Waals surface area contributed by atoms with E-state index in [1.54, 1.807) is 0 Å². The summed E-state index contributed by atoms with van der Waals surface area (Å²) < 4.78 is 0. The van der Waals surface area contributed by atoms with Gasteiger partial charge in [-0.15, -0.1) is 0 Å². The van der Waals surface area contributed by atoms with E-state index in [-0.39, 0.29) is 51.5 Å². The molecular formula is C103H89N3. The highest BCUT2D eigenvalue weighted by atomic mass is 15.4. The number of hydrogen-bond acceptors (Lipinski definition) is 3. The normalized spacial score (nSPS) is 16.7. The molecule has 3 atom stereocenters. The molecule has 0 bridgehead atoms. The Hall–Kier alpha value is -11.3. The fourth-order valence-electron chi connectivity index (χ4n) is 19.0. The van der Waals surface area contributed by atoms with Gasteiger partial charge in [0.25, 0.3) is 0 Å². The van der Waals surface area contributed by atoms with Crippen LogP contribution in [0.25, 0.3) is 72.8 Å². The van der Waals surface area contributed by atoms with Crippen LogP contribution in [-0.4, -0.2) is 6.17 Å². The first kappa shape index (κ1) is 65.5. The highest BCUT2D eigenvalue weighted by molar-refractivity contribution is 5.97. The minimum absolute atomic E-state index is 0.000597. The largest absolute Gasteiger partial charge is 0.318 e. The molecule has 3 nitrogen and oxygen atoms in total. The predicted molar refractivity (Wildman–Crippen MR) is 443 cm³/mol. The zero-order valence-corrected chi connectivity index (χ0v) is 63.0. The Balaban J connectivity index is 0.913. The fourth-order valence-corrected chi connectivity index (χ4v) is 19.0. The average molecular weight is 1370 g/mol. The summed E-state index contributed by atoms with van der Waals surface area (Å²) in [4.78, 5) is 5.20. The molecule has 19 rings (SSSR count). The molecule has 4 aliphatic carbocycles. The van der Waals surface area contributed by atoms with Crippen LogP contribution in [0, 0.1) is 11.3 Å². The van der Waals surface area contributed by atoms with Crippen LogP contribution in [0.3, 0.4) is 0 Å².